The zero-order valence-electron chi connectivity index (χ0n) is 6.72. The summed E-state index contributed by atoms with van der Waals surface area (Å²) in [5.74, 6) is 0. The van der Waals surface area contributed by atoms with Gasteiger partial charge in [0.15, 0.2) is 0 Å². The van der Waals surface area contributed by atoms with Crippen LogP contribution in [0.1, 0.15) is 24.1 Å². The minimum absolute atomic E-state index is 0.0712. The second-order valence-corrected chi connectivity index (χ2v) is 3.16. The summed E-state index contributed by atoms with van der Waals surface area (Å²) in [7, 11) is 0. The van der Waals surface area contributed by atoms with Gasteiger partial charge in [0, 0.05) is 12.2 Å². The van der Waals surface area contributed by atoms with E-state index in [2.05, 4.69) is 4.98 Å². The molecule has 11 heavy (non-hydrogen) atoms. The number of H-pyrrole nitrogens is 1. The molecule has 0 aromatic carbocycles. The van der Waals surface area contributed by atoms with Crippen LogP contribution in [0, 0.1) is 11.6 Å². The normalized spacial score (nSPS) is 13.0. The van der Waals surface area contributed by atoms with Crippen molar-refractivity contribution in [1.29, 1.82) is 0 Å². The van der Waals surface area contributed by atoms with Crippen molar-refractivity contribution >= 4 is 12.2 Å². The average molecular weight is 168 g/mol. The molecule has 3 heteroatoms. The zero-order chi connectivity index (χ0) is 8.43. The molecule has 0 aliphatic carbocycles. The Bertz CT molecular complexity index is 301. The van der Waals surface area contributed by atoms with Crippen LogP contribution in [-0.2, 0) is 0 Å². The van der Waals surface area contributed by atoms with Gasteiger partial charge in [-0.3, -0.25) is 0 Å². The van der Waals surface area contributed by atoms with Crippen LogP contribution in [0.4, 0.5) is 0 Å². The molecule has 0 unspecified atom stereocenters. The summed E-state index contributed by atoms with van der Waals surface area (Å²) >= 11 is 4.95. The number of pyridine rings is 1. The van der Waals surface area contributed by atoms with Crippen LogP contribution in [0.2, 0.25) is 0 Å². The van der Waals surface area contributed by atoms with Gasteiger partial charge in [0.25, 0.3) is 0 Å². The van der Waals surface area contributed by atoms with Crippen molar-refractivity contribution in [2.24, 2.45) is 5.73 Å². The lowest BCUT2D eigenvalue weighted by molar-refractivity contribution is 0.802. The molecule has 1 heterocycles. The molecule has 1 atom stereocenters. The van der Waals surface area contributed by atoms with Gasteiger partial charge in [0.2, 0.25) is 0 Å². The lowest BCUT2D eigenvalue weighted by Crippen LogP contribution is -2.07. The van der Waals surface area contributed by atoms with Gasteiger partial charge in [0.1, 0.15) is 4.64 Å². The number of nitrogens with one attached hydrogen (secondary N) is 1. The lowest BCUT2D eigenvalue weighted by atomic mass is 10.1. The predicted molar refractivity (Wildman–Crippen MR) is 49.0 cm³/mol. The maximum Gasteiger partial charge on any atom is 0.103 e. The fourth-order valence-corrected chi connectivity index (χ4v) is 1.31. The third-order valence-electron chi connectivity index (χ3n) is 1.66. The Morgan fingerprint density at radius 2 is 2.27 bits per heavy atom. The highest BCUT2D eigenvalue weighted by molar-refractivity contribution is 7.71. The standard InChI is InChI=1S/C8H12N2S/c1-5-3-8(11)10-4-7(5)6(2)9/h3-4,6H,9H2,1-2H3,(H,10,11)/t6-/m0/s1. The highest BCUT2D eigenvalue weighted by Gasteiger charge is 2.01. The van der Waals surface area contributed by atoms with E-state index in [-0.39, 0.29) is 6.04 Å². The van der Waals surface area contributed by atoms with Gasteiger partial charge in [-0.05, 0) is 31.0 Å². The molecule has 0 bridgehead atoms. The Kier molecular flexibility index (Phi) is 2.42. The molecule has 0 fully saturated rings. The molecule has 1 aromatic heterocycles. The molecule has 2 nitrogen and oxygen atoms in total. The number of aromatic nitrogens is 1. The molecular weight excluding hydrogens is 156 g/mol. The van der Waals surface area contributed by atoms with E-state index in [1.807, 2.05) is 26.1 Å². The second-order valence-electron chi connectivity index (χ2n) is 2.72. The van der Waals surface area contributed by atoms with Crippen molar-refractivity contribution in [1.82, 2.24) is 4.98 Å². The van der Waals surface area contributed by atoms with E-state index < -0.39 is 0 Å². The molecule has 0 saturated carbocycles. The van der Waals surface area contributed by atoms with Crippen LogP contribution in [0.15, 0.2) is 12.3 Å². The Morgan fingerprint density at radius 1 is 1.64 bits per heavy atom. The van der Waals surface area contributed by atoms with Gasteiger partial charge in [-0.25, -0.2) is 0 Å². The highest BCUT2D eigenvalue weighted by atomic mass is 32.1. The molecule has 1 rings (SSSR count). The maximum absolute atomic E-state index is 5.71. The molecule has 60 valence electrons. The second kappa shape index (κ2) is 3.15. The number of nitrogens with two attached hydrogens (primary N) is 1. The third-order valence-corrected chi connectivity index (χ3v) is 1.90. The molecule has 0 saturated heterocycles. The Morgan fingerprint density at radius 3 is 2.73 bits per heavy atom. The molecule has 3 N–H and O–H groups in total. The van der Waals surface area contributed by atoms with Gasteiger partial charge in [-0.2, -0.15) is 0 Å². The number of aromatic amines is 1. The van der Waals surface area contributed by atoms with Crippen LogP contribution >= 0.6 is 12.2 Å². The summed E-state index contributed by atoms with van der Waals surface area (Å²) in [4.78, 5) is 2.96. The van der Waals surface area contributed by atoms with E-state index in [0.29, 0.717) is 0 Å². The summed E-state index contributed by atoms with van der Waals surface area (Å²) in [6.07, 6.45) is 1.88. The van der Waals surface area contributed by atoms with Crippen molar-refractivity contribution in [3.05, 3.63) is 28.0 Å². The topological polar surface area (TPSA) is 41.8 Å². The third kappa shape index (κ3) is 1.88. The smallest absolute Gasteiger partial charge is 0.103 e. The van der Waals surface area contributed by atoms with E-state index in [1.165, 1.54) is 0 Å². The summed E-state index contributed by atoms with van der Waals surface area (Å²) in [6.45, 7) is 3.97. The van der Waals surface area contributed by atoms with E-state index in [4.69, 9.17) is 18.0 Å². The predicted octanol–water partition coefficient (Wildman–Crippen LogP) is 2.07. The number of hydrogen-bond donors (Lipinski definition) is 2. The monoisotopic (exact) mass is 168 g/mol. The van der Waals surface area contributed by atoms with Crippen molar-refractivity contribution in [2.45, 2.75) is 19.9 Å². The van der Waals surface area contributed by atoms with Gasteiger partial charge >= 0.3 is 0 Å². The van der Waals surface area contributed by atoms with Crippen molar-refractivity contribution < 1.29 is 0 Å². The summed E-state index contributed by atoms with van der Waals surface area (Å²) in [6, 6.07) is 2.00. The molecule has 0 aliphatic rings. The summed E-state index contributed by atoms with van der Waals surface area (Å²) in [5.41, 5.74) is 7.99. The first-order valence-corrected chi connectivity index (χ1v) is 3.97. The molecule has 0 amide bonds. The van der Waals surface area contributed by atoms with Crippen molar-refractivity contribution in [2.75, 3.05) is 0 Å². The van der Waals surface area contributed by atoms with E-state index in [0.717, 1.165) is 15.8 Å². The number of rotatable bonds is 1. The summed E-state index contributed by atoms with van der Waals surface area (Å²) < 4.78 is 0.756. The van der Waals surface area contributed by atoms with Gasteiger partial charge in [-0.1, -0.05) is 12.2 Å². The van der Waals surface area contributed by atoms with Crippen LogP contribution in [0.5, 0.6) is 0 Å². The Balaban J connectivity index is 3.20. The molecule has 0 radical (unpaired) electrons. The Hall–Kier alpha value is -0.670. The van der Waals surface area contributed by atoms with Gasteiger partial charge in [-0.15, -0.1) is 0 Å². The Labute approximate surface area is 71.4 Å². The van der Waals surface area contributed by atoms with Crippen LogP contribution in [0.25, 0.3) is 0 Å². The fourth-order valence-electron chi connectivity index (χ4n) is 1.07. The fraction of sp³-hybridized carbons (Fsp3) is 0.375. The van der Waals surface area contributed by atoms with Gasteiger partial charge < -0.3 is 10.7 Å². The molecule has 1 aromatic rings. The molecule has 0 aliphatic heterocycles. The highest BCUT2D eigenvalue weighted by Crippen LogP contribution is 2.12. The average Bonchev–Trinajstić information content (AvgIpc) is 1.85. The largest absolute Gasteiger partial charge is 0.353 e. The van der Waals surface area contributed by atoms with Crippen molar-refractivity contribution in [3.63, 3.8) is 0 Å². The van der Waals surface area contributed by atoms with Gasteiger partial charge in [0.05, 0.1) is 0 Å². The zero-order valence-corrected chi connectivity index (χ0v) is 7.53. The van der Waals surface area contributed by atoms with E-state index >= 15 is 0 Å². The first-order chi connectivity index (χ1) is 5.11. The quantitative estimate of drug-likeness (QED) is 0.630. The molecular formula is C8H12N2S. The summed E-state index contributed by atoms with van der Waals surface area (Å²) in [5, 5.41) is 0. The number of hydrogen-bond acceptors (Lipinski definition) is 2. The van der Waals surface area contributed by atoms with E-state index in [9.17, 15) is 0 Å². The minimum Gasteiger partial charge on any atom is -0.353 e. The van der Waals surface area contributed by atoms with E-state index in [1.54, 1.807) is 0 Å². The lowest BCUT2D eigenvalue weighted by Gasteiger charge is -2.07. The van der Waals surface area contributed by atoms with Crippen LogP contribution in [-0.4, -0.2) is 4.98 Å². The maximum atomic E-state index is 5.71. The van der Waals surface area contributed by atoms with Crippen LogP contribution in [0.3, 0.4) is 0 Å². The number of aryl methyl sites for hydroxylation is 1. The first kappa shape index (κ1) is 8.43. The molecule has 0 spiro atoms. The minimum atomic E-state index is 0.0712. The SMILES string of the molecule is Cc1cc(=S)[nH]cc1[C@H](C)N. The first-order valence-electron chi connectivity index (χ1n) is 3.56. The van der Waals surface area contributed by atoms with Crippen LogP contribution < -0.4 is 5.73 Å². The van der Waals surface area contributed by atoms with Crippen molar-refractivity contribution in [3.8, 4) is 0 Å².